The van der Waals surface area contributed by atoms with Crippen LogP contribution >= 0.6 is 0 Å². The lowest BCUT2D eigenvalue weighted by molar-refractivity contribution is -0.144. The Balaban J connectivity index is 2.86. The average Bonchev–Trinajstić information content (AvgIpc) is 2.64. The summed E-state index contributed by atoms with van der Waals surface area (Å²) >= 11 is 0. The van der Waals surface area contributed by atoms with Crippen LogP contribution in [0.5, 0.6) is 0 Å². The van der Waals surface area contributed by atoms with E-state index < -0.39 is 17.9 Å². The van der Waals surface area contributed by atoms with Gasteiger partial charge >= 0.3 is 5.97 Å². The molecule has 0 spiro atoms. The van der Waals surface area contributed by atoms with Gasteiger partial charge in [0.1, 0.15) is 6.04 Å². The first-order chi connectivity index (χ1) is 6.56. The first-order valence-electron chi connectivity index (χ1n) is 3.98. The lowest BCUT2D eigenvalue weighted by Crippen LogP contribution is -2.18. The molecule has 0 fully saturated rings. The molecule has 0 radical (unpaired) electrons. The first kappa shape index (κ1) is 10.2. The SMILES string of the molecule is COC(=O)[C@@H](C)n1cc(C(N)=O)cn1. The third-order valence-corrected chi connectivity index (χ3v) is 1.83. The number of hydrogen-bond acceptors (Lipinski definition) is 4. The summed E-state index contributed by atoms with van der Waals surface area (Å²) in [5.74, 6) is -1.00. The summed E-state index contributed by atoms with van der Waals surface area (Å²) in [6.45, 7) is 1.61. The van der Waals surface area contributed by atoms with Crippen LogP contribution in [0.15, 0.2) is 12.4 Å². The van der Waals surface area contributed by atoms with Crippen molar-refractivity contribution in [3.8, 4) is 0 Å². The molecule has 76 valence electrons. The maximum Gasteiger partial charge on any atom is 0.330 e. The summed E-state index contributed by atoms with van der Waals surface area (Å²) in [4.78, 5) is 21.8. The molecule has 0 bridgehead atoms. The van der Waals surface area contributed by atoms with Gasteiger partial charge in [0.05, 0.1) is 18.9 Å². The van der Waals surface area contributed by atoms with Gasteiger partial charge in [0.15, 0.2) is 0 Å². The fourth-order valence-corrected chi connectivity index (χ4v) is 0.956. The van der Waals surface area contributed by atoms with E-state index in [0.717, 1.165) is 0 Å². The van der Waals surface area contributed by atoms with Gasteiger partial charge in [-0.3, -0.25) is 9.48 Å². The largest absolute Gasteiger partial charge is 0.467 e. The number of primary amides is 1. The summed E-state index contributed by atoms with van der Waals surface area (Å²) in [6, 6.07) is -0.562. The van der Waals surface area contributed by atoms with Gasteiger partial charge in [-0.05, 0) is 6.92 Å². The Bertz CT molecular complexity index is 358. The molecule has 0 aliphatic rings. The van der Waals surface area contributed by atoms with Crippen molar-refractivity contribution in [2.45, 2.75) is 13.0 Å². The van der Waals surface area contributed by atoms with Crippen molar-refractivity contribution >= 4 is 11.9 Å². The van der Waals surface area contributed by atoms with Gasteiger partial charge < -0.3 is 10.5 Å². The Morgan fingerprint density at radius 3 is 2.71 bits per heavy atom. The monoisotopic (exact) mass is 197 g/mol. The van der Waals surface area contributed by atoms with Crippen LogP contribution < -0.4 is 5.73 Å². The van der Waals surface area contributed by atoms with Crippen molar-refractivity contribution in [3.05, 3.63) is 18.0 Å². The van der Waals surface area contributed by atoms with E-state index in [9.17, 15) is 9.59 Å². The van der Waals surface area contributed by atoms with Gasteiger partial charge in [-0.15, -0.1) is 0 Å². The maximum absolute atomic E-state index is 11.1. The topological polar surface area (TPSA) is 87.2 Å². The summed E-state index contributed by atoms with van der Waals surface area (Å²) in [6.07, 6.45) is 2.71. The number of amides is 1. The number of aromatic nitrogens is 2. The summed E-state index contributed by atoms with van der Waals surface area (Å²) in [5, 5.41) is 3.82. The van der Waals surface area contributed by atoms with Gasteiger partial charge in [-0.25, -0.2) is 4.79 Å². The van der Waals surface area contributed by atoms with Crippen LogP contribution in [0.4, 0.5) is 0 Å². The Kier molecular flexibility index (Phi) is 2.85. The zero-order chi connectivity index (χ0) is 10.7. The highest BCUT2D eigenvalue weighted by molar-refractivity contribution is 5.92. The normalized spacial score (nSPS) is 12.1. The van der Waals surface area contributed by atoms with Gasteiger partial charge in [-0.2, -0.15) is 5.10 Å². The molecule has 0 aliphatic carbocycles. The van der Waals surface area contributed by atoms with E-state index in [1.165, 1.54) is 24.2 Å². The minimum atomic E-state index is -0.576. The Labute approximate surface area is 80.6 Å². The molecular formula is C8H11N3O3. The molecular weight excluding hydrogens is 186 g/mol. The number of carbonyl (C=O) groups excluding carboxylic acids is 2. The van der Waals surface area contributed by atoms with Crippen LogP contribution in [0.25, 0.3) is 0 Å². The lowest BCUT2D eigenvalue weighted by atomic mass is 10.3. The Hall–Kier alpha value is -1.85. The standard InChI is InChI=1S/C8H11N3O3/c1-5(8(13)14-2)11-4-6(3-10-11)7(9)12/h3-5H,1-2H3,(H2,9,12)/t5-/m1/s1. The van der Waals surface area contributed by atoms with Gasteiger partial charge in [-0.1, -0.05) is 0 Å². The number of methoxy groups -OCH3 is 1. The quantitative estimate of drug-likeness (QED) is 0.675. The molecule has 6 nitrogen and oxygen atoms in total. The average molecular weight is 197 g/mol. The molecule has 0 aromatic carbocycles. The minimum absolute atomic E-state index is 0.265. The van der Waals surface area contributed by atoms with Crippen LogP contribution in [0, 0.1) is 0 Å². The van der Waals surface area contributed by atoms with Crippen LogP contribution in [-0.2, 0) is 9.53 Å². The highest BCUT2D eigenvalue weighted by Gasteiger charge is 2.16. The second-order valence-corrected chi connectivity index (χ2v) is 2.77. The van der Waals surface area contributed by atoms with Crippen molar-refractivity contribution in [2.75, 3.05) is 7.11 Å². The van der Waals surface area contributed by atoms with E-state index in [0.29, 0.717) is 0 Å². The van der Waals surface area contributed by atoms with E-state index >= 15 is 0 Å². The number of esters is 1. The van der Waals surface area contributed by atoms with E-state index in [2.05, 4.69) is 9.84 Å². The third-order valence-electron chi connectivity index (χ3n) is 1.83. The second-order valence-electron chi connectivity index (χ2n) is 2.77. The molecule has 1 rings (SSSR count). The van der Waals surface area contributed by atoms with Gasteiger partial charge in [0.2, 0.25) is 0 Å². The second kappa shape index (κ2) is 3.91. The Morgan fingerprint density at radius 1 is 1.64 bits per heavy atom. The van der Waals surface area contributed by atoms with Gasteiger partial charge in [0.25, 0.3) is 5.91 Å². The van der Waals surface area contributed by atoms with Crippen LogP contribution in [0.2, 0.25) is 0 Å². The third kappa shape index (κ3) is 1.90. The summed E-state index contributed by atoms with van der Waals surface area (Å²) < 4.78 is 5.85. The molecule has 0 unspecified atom stereocenters. The van der Waals surface area contributed by atoms with Gasteiger partial charge in [0, 0.05) is 6.20 Å². The van der Waals surface area contributed by atoms with Crippen LogP contribution in [0.3, 0.4) is 0 Å². The molecule has 1 heterocycles. The van der Waals surface area contributed by atoms with Crippen molar-refractivity contribution < 1.29 is 14.3 Å². The zero-order valence-electron chi connectivity index (χ0n) is 7.93. The molecule has 0 saturated carbocycles. The highest BCUT2D eigenvalue weighted by atomic mass is 16.5. The highest BCUT2D eigenvalue weighted by Crippen LogP contribution is 2.07. The number of carbonyl (C=O) groups is 2. The molecule has 1 aromatic rings. The number of hydrogen-bond donors (Lipinski definition) is 1. The molecule has 1 amide bonds. The maximum atomic E-state index is 11.1. The van der Waals surface area contributed by atoms with E-state index in [1.54, 1.807) is 6.92 Å². The molecule has 0 aliphatic heterocycles. The molecule has 14 heavy (non-hydrogen) atoms. The fourth-order valence-electron chi connectivity index (χ4n) is 0.956. The fraction of sp³-hybridized carbons (Fsp3) is 0.375. The zero-order valence-corrected chi connectivity index (χ0v) is 7.93. The number of rotatable bonds is 3. The Morgan fingerprint density at radius 2 is 2.29 bits per heavy atom. The van der Waals surface area contributed by atoms with Crippen molar-refractivity contribution in [2.24, 2.45) is 5.73 Å². The first-order valence-corrected chi connectivity index (χ1v) is 3.98. The van der Waals surface area contributed by atoms with Crippen molar-refractivity contribution in [1.82, 2.24) is 9.78 Å². The summed E-state index contributed by atoms with van der Waals surface area (Å²) in [7, 11) is 1.29. The minimum Gasteiger partial charge on any atom is -0.467 e. The molecule has 1 aromatic heterocycles. The molecule has 0 saturated heterocycles. The summed E-state index contributed by atoms with van der Waals surface area (Å²) in [5.41, 5.74) is 5.29. The van der Waals surface area contributed by atoms with Crippen LogP contribution in [0.1, 0.15) is 23.3 Å². The van der Waals surface area contributed by atoms with E-state index in [4.69, 9.17) is 5.73 Å². The molecule has 1 atom stereocenters. The number of ether oxygens (including phenoxy) is 1. The van der Waals surface area contributed by atoms with E-state index in [-0.39, 0.29) is 5.56 Å². The smallest absolute Gasteiger partial charge is 0.330 e. The van der Waals surface area contributed by atoms with Crippen LogP contribution in [-0.4, -0.2) is 28.8 Å². The lowest BCUT2D eigenvalue weighted by Gasteiger charge is -2.08. The number of nitrogens with two attached hydrogens (primary N) is 1. The number of nitrogens with zero attached hydrogens (tertiary/aromatic N) is 2. The van der Waals surface area contributed by atoms with E-state index in [1.807, 2.05) is 0 Å². The predicted molar refractivity (Wildman–Crippen MR) is 47.5 cm³/mol. The molecule has 6 heteroatoms. The van der Waals surface area contributed by atoms with Crippen molar-refractivity contribution in [1.29, 1.82) is 0 Å². The predicted octanol–water partition coefficient (Wildman–Crippen LogP) is -0.284. The molecule has 2 N–H and O–H groups in total. The van der Waals surface area contributed by atoms with Crippen molar-refractivity contribution in [3.63, 3.8) is 0 Å².